The first-order valence-corrected chi connectivity index (χ1v) is 9.47. The van der Waals surface area contributed by atoms with E-state index in [2.05, 4.69) is 0 Å². The monoisotopic (exact) mass is 375 g/mol. The summed E-state index contributed by atoms with van der Waals surface area (Å²) in [5.41, 5.74) is 5.05. The Morgan fingerprint density at radius 3 is 1.59 bits per heavy atom. The fraction of sp³-hybridized carbons (Fsp3) is 0. The number of para-hydroxylation sites is 2. The number of nitrogens with zero attached hydrogens (tertiary/aromatic N) is 1. The molecule has 0 aromatic heterocycles. The fourth-order valence-electron chi connectivity index (χ4n) is 3.92. The first kappa shape index (κ1) is 17.1. The summed E-state index contributed by atoms with van der Waals surface area (Å²) < 4.78 is 0. The van der Waals surface area contributed by atoms with E-state index in [1.54, 1.807) is 12.1 Å². The van der Waals surface area contributed by atoms with Gasteiger partial charge in [-0.25, -0.2) is 0 Å². The fourth-order valence-corrected chi connectivity index (χ4v) is 3.92. The molecule has 4 aromatic rings. The first-order chi connectivity index (χ1) is 14.3. The summed E-state index contributed by atoms with van der Waals surface area (Å²) in [5, 5.41) is 0. The van der Waals surface area contributed by atoms with E-state index in [0.29, 0.717) is 16.8 Å². The normalized spacial score (nSPS) is 12.3. The lowest BCUT2D eigenvalue weighted by Gasteiger charge is -2.29. The van der Waals surface area contributed by atoms with Crippen molar-refractivity contribution in [1.82, 2.24) is 0 Å². The standard InChI is InChI=1S/C26H17NO2/c28-25-22-15-8-7-14-20(22)21-16-9-17-23(24(21)26(25)29)27(18-10-3-1-4-11-18)19-12-5-2-6-13-19/h1-17H. The maximum atomic E-state index is 13.2. The van der Waals surface area contributed by atoms with Crippen LogP contribution in [0.1, 0.15) is 20.7 Å². The minimum atomic E-state index is -0.467. The molecule has 0 saturated carbocycles. The van der Waals surface area contributed by atoms with Crippen LogP contribution in [0.2, 0.25) is 0 Å². The molecule has 0 unspecified atom stereocenters. The number of anilines is 3. The molecule has 3 nitrogen and oxygen atoms in total. The summed E-state index contributed by atoms with van der Waals surface area (Å²) in [7, 11) is 0. The molecule has 0 aliphatic heterocycles. The topological polar surface area (TPSA) is 37.4 Å². The van der Waals surface area contributed by atoms with Crippen molar-refractivity contribution in [1.29, 1.82) is 0 Å². The highest BCUT2D eigenvalue weighted by Crippen LogP contribution is 2.43. The highest BCUT2D eigenvalue weighted by atomic mass is 16.2. The van der Waals surface area contributed by atoms with Crippen LogP contribution in [0.15, 0.2) is 103 Å². The van der Waals surface area contributed by atoms with Gasteiger partial charge < -0.3 is 4.90 Å². The van der Waals surface area contributed by atoms with Crippen LogP contribution in [0.3, 0.4) is 0 Å². The van der Waals surface area contributed by atoms with Gasteiger partial charge in [-0.3, -0.25) is 9.59 Å². The molecule has 3 heteroatoms. The van der Waals surface area contributed by atoms with E-state index in [1.165, 1.54) is 0 Å². The van der Waals surface area contributed by atoms with Crippen molar-refractivity contribution in [2.75, 3.05) is 4.90 Å². The number of hydrogen-bond donors (Lipinski definition) is 0. The number of carbonyl (C=O) groups is 2. The quantitative estimate of drug-likeness (QED) is 0.400. The Kier molecular flexibility index (Phi) is 4.07. The second-order valence-corrected chi connectivity index (χ2v) is 6.91. The van der Waals surface area contributed by atoms with Gasteiger partial charge in [-0.15, -0.1) is 0 Å². The number of benzene rings is 4. The summed E-state index contributed by atoms with van der Waals surface area (Å²) in [6.07, 6.45) is 0. The minimum Gasteiger partial charge on any atom is -0.310 e. The molecule has 5 rings (SSSR count). The molecule has 1 aliphatic carbocycles. The summed E-state index contributed by atoms with van der Waals surface area (Å²) in [5.74, 6) is -0.923. The third-order valence-electron chi connectivity index (χ3n) is 5.21. The van der Waals surface area contributed by atoms with Gasteiger partial charge >= 0.3 is 0 Å². The van der Waals surface area contributed by atoms with Crippen molar-refractivity contribution in [3.63, 3.8) is 0 Å². The van der Waals surface area contributed by atoms with E-state index in [-0.39, 0.29) is 0 Å². The van der Waals surface area contributed by atoms with Gasteiger partial charge in [0.2, 0.25) is 11.6 Å². The number of fused-ring (bicyclic) bond motifs is 3. The van der Waals surface area contributed by atoms with Crippen molar-refractivity contribution in [3.05, 3.63) is 114 Å². The number of carbonyl (C=O) groups excluding carboxylic acids is 2. The van der Waals surface area contributed by atoms with Crippen molar-refractivity contribution in [2.45, 2.75) is 0 Å². The Morgan fingerprint density at radius 1 is 0.448 bits per heavy atom. The predicted molar refractivity (Wildman–Crippen MR) is 115 cm³/mol. The highest BCUT2D eigenvalue weighted by molar-refractivity contribution is 6.54. The largest absolute Gasteiger partial charge is 0.310 e. The van der Waals surface area contributed by atoms with Crippen LogP contribution in [0.5, 0.6) is 0 Å². The van der Waals surface area contributed by atoms with Gasteiger partial charge in [0.1, 0.15) is 0 Å². The number of ketones is 2. The van der Waals surface area contributed by atoms with E-state index >= 15 is 0 Å². The molecule has 0 atom stereocenters. The summed E-state index contributed by atoms with van der Waals surface area (Å²) in [6.45, 7) is 0. The first-order valence-electron chi connectivity index (χ1n) is 9.47. The Morgan fingerprint density at radius 2 is 0.966 bits per heavy atom. The van der Waals surface area contributed by atoms with Crippen molar-refractivity contribution in [3.8, 4) is 11.1 Å². The SMILES string of the molecule is O=C1C(=O)c2c(cccc2N(c2ccccc2)c2ccccc2)-c2ccccc21. The maximum absolute atomic E-state index is 13.2. The van der Waals surface area contributed by atoms with Crippen molar-refractivity contribution >= 4 is 28.6 Å². The molecule has 0 fully saturated rings. The van der Waals surface area contributed by atoms with E-state index in [4.69, 9.17) is 0 Å². The Bertz CT molecular complexity index is 1190. The minimum absolute atomic E-state index is 0.448. The van der Waals surface area contributed by atoms with Crippen LogP contribution in [0, 0.1) is 0 Å². The van der Waals surface area contributed by atoms with E-state index < -0.39 is 11.6 Å². The zero-order valence-electron chi connectivity index (χ0n) is 15.6. The molecule has 0 bridgehead atoms. The average molecular weight is 375 g/mol. The van der Waals surface area contributed by atoms with Crippen LogP contribution in [-0.2, 0) is 0 Å². The van der Waals surface area contributed by atoms with Gasteiger partial charge in [-0.1, -0.05) is 72.8 Å². The van der Waals surface area contributed by atoms with Crippen molar-refractivity contribution < 1.29 is 9.59 Å². The molecule has 0 spiro atoms. The molecule has 0 heterocycles. The van der Waals surface area contributed by atoms with Gasteiger partial charge in [0, 0.05) is 16.9 Å². The van der Waals surface area contributed by atoms with Gasteiger partial charge in [-0.2, -0.15) is 0 Å². The third kappa shape index (κ3) is 2.75. The molecule has 4 aromatic carbocycles. The van der Waals surface area contributed by atoms with Crippen LogP contribution in [0.4, 0.5) is 17.1 Å². The summed E-state index contributed by atoms with van der Waals surface area (Å²) >= 11 is 0. The van der Waals surface area contributed by atoms with Crippen LogP contribution < -0.4 is 4.90 Å². The van der Waals surface area contributed by atoms with E-state index in [9.17, 15) is 9.59 Å². The lowest BCUT2D eigenvalue weighted by Crippen LogP contribution is -2.24. The molecular formula is C26H17NO2. The lowest BCUT2D eigenvalue weighted by molar-refractivity contribution is 0.0815. The molecule has 0 amide bonds. The molecule has 0 saturated heterocycles. The van der Waals surface area contributed by atoms with Gasteiger partial charge in [0.25, 0.3) is 0 Å². The van der Waals surface area contributed by atoms with Gasteiger partial charge in [-0.05, 0) is 41.5 Å². The highest BCUT2D eigenvalue weighted by Gasteiger charge is 2.33. The number of rotatable bonds is 3. The molecule has 0 N–H and O–H groups in total. The molecule has 29 heavy (non-hydrogen) atoms. The second-order valence-electron chi connectivity index (χ2n) is 6.91. The second kappa shape index (κ2) is 6.88. The lowest BCUT2D eigenvalue weighted by atomic mass is 9.83. The van der Waals surface area contributed by atoms with Gasteiger partial charge in [0.05, 0.1) is 11.3 Å². The van der Waals surface area contributed by atoms with Crippen LogP contribution >= 0.6 is 0 Å². The zero-order chi connectivity index (χ0) is 19.8. The molecular weight excluding hydrogens is 358 g/mol. The average Bonchev–Trinajstić information content (AvgIpc) is 2.79. The summed E-state index contributed by atoms with van der Waals surface area (Å²) in [6, 6.07) is 32.8. The van der Waals surface area contributed by atoms with Crippen molar-refractivity contribution in [2.24, 2.45) is 0 Å². The zero-order valence-corrected chi connectivity index (χ0v) is 15.6. The maximum Gasteiger partial charge on any atom is 0.236 e. The van der Waals surface area contributed by atoms with Crippen LogP contribution in [0.25, 0.3) is 11.1 Å². The van der Waals surface area contributed by atoms with E-state index in [0.717, 1.165) is 22.5 Å². The number of hydrogen-bond acceptors (Lipinski definition) is 3. The Hall–Kier alpha value is -3.98. The molecule has 1 aliphatic rings. The predicted octanol–water partition coefficient (Wildman–Crippen LogP) is 6.20. The molecule has 0 radical (unpaired) electrons. The van der Waals surface area contributed by atoms with Gasteiger partial charge in [0.15, 0.2) is 0 Å². The summed E-state index contributed by atoms with van der Waals surface area (Å²) in [4.78, 5) is 28.1. The number of Topliss-reactive ketones (excluding diaryl/α,β-unsaturated/α-hetero) is 2. The van der Waals surface area contributed by atoms with Crippen LogP contribution in [-0.4, -0.2) is 11.6 Å². The third-order valence-corrected chi connectivity index (χ3v) is 5.21. The smallest absolute Gasteiger partial charge is 0.236 e. The Labute approximate surface area is 168 Å². The Balaban J connectivity index is 1.81. The van der Waals surface area contributed by atoms with E-state index in [1.807, 2.05) is 95.9 Å². The molecule has 138 valence electrons.